The number of benzene rings is 2. The predicted molar refractivity (Wildman–Crippen MR) is 111 cm³/mol. The van der Waals surface area contributed by atoms with E-state index in [1.807, 2.05) is 0 Å². The molecule has 1 amide bonds. The van der Waals surface area contributed by atoms with Gasteiger partial charge in [0.25, 0.3) is 5.91 Å². The zero-order valence-corrected chi connectivity index (χ0v) is 17.7. The first-order valence-corrected chi connectivity index (χ1v) is 11.7. The maximum Gasteiger partial charge on any atom is 0.417 e. The topological polar surface area (TPSA) is 75.3 Å². The molecule has 2 aromatic carbocycles. The highest BCUT2D eigenvalue weighted by atomic mass is 32.2. The van der Waals surface area contributed by atoms with Crippen molar-refractivity contribution in [2.75, 3.05) is 6.54 Å². The summed E-state index contributed by atoms with van der Waals surface area (Å²) in [5.74, 6) is -0.802. The summed E-state index contributed by atoms with van der Waals surface area (Å²) < 4.78 is 66.9. The summed E-state index contributed by atoms with van der Waals surface area (Å²) >= 11 is 0. The van der Waals surface area contributed by atoms with Crippen LogP contribution in [-0.4, -0.2) is 26.9 Å². The third-order valence-electron chi connectivity index (χ3n) is 5.34. The average molecular weight is 455 g/mol. The molecule has 31 heavy (non-hydrogen) atoms. The fraction of sp³-hybridized carbons (Fsp3) is 0.409. The molecular weight excluding hydrogens is 429 g/mol. The summed E-state index contributed by atoms with van der Waals surface area (Å²) in [7, 11) is -3.59. The van der Waals surface area contributed by atoms with Gasteiger partial charge in [0, 0.05) is 12.6 Å². The van der Waals surface area contributed by atoms with Gasteiger partial charge in [0.15, 0.2) is 0 Å². The fourth-order valence-electron chi connectivity index (χ4n) is 3.69. The number of rotatable bonds is 7. The molecule has 1 saturated carbocycles. The highest BCUT2D eigenvalue weighted by Gasteiger charge is 2.34. The van der Waals surface area contributed by atoms with E-state index < -0.39 is 33.2 Å². The highest BCUT2D eigenvalue weighted by Crippen LogP contribution is 2.31. The lowest BCUT2D eigenvalue weighted by Gasteiger charge is -2.22. The van der Waals surface area contributed by atoms with Crippen LogP contribution in [0.25, 0.3) is 0 Å². The molecule has 0 unspecified atom stereocenters. The van der Waals surface area contributed by atoms with Gasteiger partial charge in [-0.2, -0.15) is 13.2 Å². The van der Waals surface area contributed by atoms with Crippen LogP contribution in [0.1, 0.15) is 53.6 Å². The lowest BCUT2D eigenvalue weighted by atomic mass is 9.96. The van der Waals surface area contributed by atoms with Crippen molar-refractivity contribution in [2.45, 2.75) is 55.6 Å². The maximum absolute atomic E-state index is 13.0. The van der Waals surface area contributed by atoms with Crippen molar-refractivity contribution in [2.24, 2.45) is 0 Å². The molecule has 1 aliphatic rings. The molecule has 1 aliphatic carbocycles. The van der Waals surface area contributed by atoms with Crippen molar-refractivity contribution < 1.29 is 26.4 Å². The Bertz CT molecular complexity index is 999. The van der Waals surface area contributed by atoms with Gasteiger partial charge < -0.3 is 5.32 Å². The summed E-state index contributed by atoms with van der Waals surface area (Å²) in [6, 6.07) is 10.9. The van der Waals surface area contributed by atoms with Gasteiger partial charge in [-0.3, -0.25) is 4.79 Å². The van der Waals surface area contributed by atoms with Gasteiger partial charge in [-0.25, -0.2) is 13.1 Å². The third kappa shape index (κ3) is 6.30. The summed E-state index contributed by atoms with van der Waals surface area (Å²) in [4.78, 5) is 12.3. The molecule has 1 fully saturated rings. The first-order chi connectivity index (χ1) is 14.7. The van der Waals surface area contributed by atoms with E-state index in [0.717, 1.165) is 49.8 Å². The summed E-state index contributed by atoms with van der Waals surface area (Å²) in [5, 5.41) is 2.49. The minimum absolute atomic E-state index is 0.0341. The summed E-state index contributed by atoms with van der Waals surface area (Å²) in [6.45, 7) is 0.122. The van der Waals surface area contributed by atoms with Gasteiger partial charge in [-0.15, -0.1) is 0 Å². The van der Waals surface area contributed by atoms with Crippen LogP contribution in [0.15, 0.2) is 53.4 Å². The molecule has 0 spiro atoms. The quantitative estimate of drug-likeness (QED) is 0.656. The number of amides is 1. The molecular formula is C22H25F3N2O3S. The average Bonchev–Trinajstić information content (AvgIpc) is 2.74. The maximum atomic E-state index is 13.0. The molecule has 0 radical (unpaired) electrons. The van der Waals surface area contributed by atoms with E-state index in [9.17, 15) is 26.4 Å². The Labute approximate surface area is 180 Å². The molecule has 2 aromatic rings. The normalized spacial score (nSPS) is 15.6. The van der Waals surface area contributed by atoms with E-state index >= 15 is 0 Å². The lowest BCUT2D eigenvalue weighted by Crippen LogP contribution is -2.36. The standard InChI is InChI=1S/C22H25F3N2O3S/c23-22(24,25)20-9-5-4-8-19(20)21(28)26-15-14-16-10-12-18(13-11-16)31(29,30)27-17-6-2-1-3-7-17/h4-5,8-13,17,27H,1-3,6-7,14-15H2,(H,26,28). The van der Waals surface area contributed by atoms with Crippen molar-refractivity contribution in [3.05, 3.63) is 65.2 Å². The Morgan fingerprint density at radius 2 is 1.61 bits per heavy atom. The summed E-state index contributed by atoms with van der Waals surface area (Å²) in [6.07, 6.45) is 0.599. The molecule has 0 atom stereocenters. The Hall–Kier alpha value is -2.39. The predicted octanol–water partition coefficient (Wildman–Crippen LogP) is 4.29. The zero-order valence-electron chi connectivity index (χ0n) is 16.9. The van der Waals surface area contributed by atoms with E-state index in [0.29, 0.717) is 6.42 Å². The second-order valence-electron chi connectivity index (χ2n) is 7.65. The van der Waals surface area contributed by atoms with E-state index in [-0.39, 0.29) is 17.5 Å². The number of hydrogen-bond donors (Lipinski definition) is 2. The SMILES string of the molecule is O=C(NCCc1ccc(S(=O)(=O)NC2CCCCC2)cc1)c1ccccc1C(F)(F)F. The Morgan fingerprint density at radius 3 is 2.26 bits per heavy atom. The van der Waals surface area contributed by atoms with Crippen LogP contribution in [-0.2, 0) is 22.6 Å². The van der Waals surface area contributed by atoms with E-state index in [1.54, 1.807) is 12.1 Å². The van der Waals surface area contributed by atoms with E-state index in [2.05, 4.69) is 10.0 Å². The van der Waals surface area contributed by atoms with Gasteiger partial charge in [0.1, 0.15) is 0 Å². The fourth-order valence-corrected chi connectivity index (χ4v) is 4.99. The second-order valence-corrected chi connectivity index (χ2v) is 9.36. The van der Waals surface area contributed by atoms with E-state index in [1.165, 1.54) is 24.3 Å². The van der Waals surface area contributed by atoms with Gasteiger partial charge in [-0.1, -0.05) is 43.5 Å². The van der Waals surface area contributed by atoms with Crippen LogP contribution in [0.3, 0.4) is 0 Å². The first-order valence-electron chi connectivity index (χ1n) is 10.2. The molecule has 0 heterocycles. The van der Waals surface area contributed by atoms with Crippen LogP contribution in [0.4, 0.5) is 13.2 Å². The summed E-state index contributed by atoms with van der Waals surface area (Å²) in [5.41, 5.74) is -0.640. The zero-order chi connectivity index (χ0) is 22.5. The highest BCUT2D eigenvalue weighted by molar-refractivity contribution is 7.89. The second kappa shape index (κ2) is 9.82. The van der Waals surface area contributed by atoms with Crippen LogP contribution in [0, 0.1) is 0 Å². The van der Waals surface area contributed by atoms with Crippen LogP contribution in [0.5, 0.6) is 0 Å². The number of nitrogens with one attached hydrogen (secondary N) is 2. The minimum atomic E-state index is -4.61. The molecule has 0 aromatic heterocycles. The third-order valence-corrected chi connectivity index (χ3v) is 6.87. The molecule has 0 bridgehead atoms. The number of carbonyl (C=O) groups excluding carboxylic acids is 1. The monoisotopic (exact) mass is 454 g/mol. The molecule has 3 rings (SSSR count). The van der Waals surface area contributed by atoms with Gasteiger partial charge in [-0.05, 0) is 49.1 Å². The molecule has 0 aliphatic heterocycles. The van der Waals surface area contributed by atoms with Crippen molar-refractivity contribution in [1.29, 1.82) is 0 Å². The molecule has 0 saturated heterocycles. The number of alkyl halides is 3. The molecule has 2 N–H and O–H groups in total. The van der Waals surface area contributed by atoms with Crippen molar-refractivity contribution in [1.82, 2.24) is 10.0 Å². The number of halogens is 3. The van der Waals surface area contributed by atoms with Crippen molar-refractivity contribution in [3.63, 3.8) is 0 Å². The number of hydrogen-bond acceptors (Lipinski definition) is 3. The molecule has 9 heteroatoms. The van der Waals surface area contributed by atoms with Crippen molar-refractivity contribution >= 4 is 15.9 Å². The first kappa shape index (κ1) is 23.3. The van der Waals surface area contributed by atoms with Crippen molar-refractivity contribution in [3.8, 4) is 0 Å². The van der Waals surface area contributed by atoms with Crippen LogP contribution >= 0.6 is 0 Å². The van der Waals surface area contributed by atoms with Crippen LogP contribution < -0.4 is 10.0 Å². The van der Waals surface area contributed by atoms with Gasteiger partial charge in [0.2, 0.25) is 10.0 Å². The lowest BCUT2D eigenvalue weighted by molar-refractivity contribution is -0.137. The van der Waals surface area contributed by atoms with Gasteiger partial charge >= 0.3 is 6.18 Å². The van der Waals surface area contributed by atoms with Crippen LogP contribution in [0.2, 0.25) is 0 Å². The molecule has 5 nitrogen and oxygen atoms in total. The Kier molecular flexibility index (Phi) is 7.38. The Balaban J connectivity index is 1.56. The Morgan fingerprint density at radius 1 is 0.968 bits per heavy atom. The smallest absolute Gasteiger partial charge is 0.352 e. The minimum Gasteiger partial charge on any atom is -0.352 e. The van der Waals surface area contributed by atoms with Gasteiger partial charge in [0.05, 0.1) is 16.0 Å². The largest absolute Gasteiger partial charge is 0.417 e. The number of sulfonamides is 1. The number of carbonyl (C=O) groups is 1. The molecule has 168 valence electrons. The van der Waals surface area contributed by atoms with E-state index in [4.69, 9.17) is 0 Å².